The Bertz CT molecular complexity index is 539. The van der Waals surface area contributed by atoms with Gasteiger partial charge in [-0.1, -0.05) is 6.08 Å². The van der Waals surface area contributed by atoms with Crippen molar-refractivity contribution in [1.82, 2.24) is 14.9 Å². The Labute approximate surface area is 94.8 Å². The Hall–Kier alpha value is -1.61. The molecule has 1 N–H and O–H groups in total. The summed E-state index contributed by atoms with van der Waals surface area (Å²) in [5.41, 5.74) is 3.74. The molecule has 0 spiro atoms. The number of nitrogens with one attached hydrogen (secondary N) is 1. The second-order valence-electron chi connectivity index (χ2n) is 4.34. The topological polar surface area (TPSA) is 31.9 Å². The van der Waals surface area contributed by atoms with E-state index < -0.39 is 0 Å². The van der Waals surface area contributed by atoms with Crippen molar-refractivity contribution < 1.29 is 0 Å². The lowest BCUT2D eigenvalue weighted by atomic mass is 10.00. The Morgan fingerprint density at radius 3 is 3.19 bits per heavy atom. The molecule has 1 aliphatic heterocycles. The summed E-state index contributed by atoms with van der Waals surface area (Å²) in [4.78, 5) is 9.88. The molecule has 82 valence electrons. The van der Waals surface area contributed by atoms with E-state index in [1.54, 1.807) is 0 Å². The van der Waals surface area contributed by atoms with E-state index in [1.807, 2.05) is 12.3 Å². The second kappa shape index (κ2) is 3.76. The maximum Gasteiger partial charge on any atom is 0.137 e. The molecule has 3 nitrogen and oxygen atoms in total. The summed E-state index contributed by atoms with van der Waals surface area (Å²) in [7, 11) is 2.16. The molecule has 3 rings (SSSR count). The van der Waals surface area contributed by atoms with Gasteiger partial charge in [0.1, 0.15) is 5.65 Å². The normalized spacial score (nSPS) is 17.7. The molecule has 0 saturated heterocycles. The van der Waals surface area contributed by atoms with E-state index in [2.05, 4.69) is 40.3 Å². The van der Waals surface area contributed by atoms with Gasteiger partial charge in [0.15, 0.2) is 0 Å². The van der Waals surface area contributed by atoms with Crippen LogP contribution in [0.1, 0.15) is 12.0 Å². The molecule has 0 saturated carbocycles. The predicted octanol–water partition coefficient (Wildman–Crippen LogP) is 2.28. The lowest BCUT2D eigenvalue weighted by molar-refractivity contribution is 0.370. The molecule has 3 heterocycles. The zero-order valence-electron chi connectivity index (χ0n) is 9.40. The average molecular weight is 213 g/mol. The molecule has 3 heteroatoms. The van der Waals surface area contributed by atoms with Crippen molar-refractivity contribution in [2.24, 2.45) is 0 Å². The molecule has 0 radical (unpaired) electrons. The standard InChI is InChI=1S/C13H15N3/c1-16-7-4-10(5-8-16)12-9-15-13-11(12)3-2-6-14-13/h2-4,6,9H,5,7-8H2,1H3,(H,14,15). The summed E-state index contributed by atoms with van der Waals surface area (Å²) in [6.07, 6.45) is 7.35. The van der Waals surface area contributed by atoms with Crippen LogP contribution < -0.4 is 0 Å². The summed E-state index contributed by atoms with van der Waals surface area (Å²) < 4.78 is 0. The summed E-state index contributed by atoms with van der Waals surface area (Å²) in [6.45, 7) is 2.18. The molecular formula is C13H15N3. The van der Waals surface area contributed by atoms with Crippen molar-refractivity contribution in [2.75, 3.05) is 20.1 Å². The van der Waals surface area contributed by atoms with Gasteiger partial charge in [-0.05, 0) is 31.2 Å². The van der Waals surface area contributed by atoms with Crippen molar-refractivity contribution in [3.05, 3.63) is 36.2 Å². The Morgan fingerprint density at radius 1 is 1.44 bits per heavy atom. The van der Waals surface area contributed by atoms with Crippen LogP contribution in [0.4, 0.5) is 0 Å². The quantitative estimate of drug-likeness (QED) is 0.788. The molecule has 0 atom stereocenters. The highest BCUT2D eigenvalue weighted by atomic mass is 15.1. The van der Waals surface area contributed by atoms with Gasteiger partial charge in [0.2, 0.25) is 0 Å². The molecule has 0 fully saturated rings. The second-order valence-corrected chi connectivity index (χ2v) is 4.34. The molecule has 2 aromatic rings. The van der Waals surface area contributed by atoms with Gasteiger partial charge >= 0.3 is 0 Å². The summed E-state index contributed by atoms with van der Waals surface area (Å²) >= 11 is 0. The van der Waals surface area contributed by atoms with Gasteiger partial charge in [-0.3, -0.25) is 0 Å². The third-order valence-corrected chi connectivity index (χ3v) is 3.21. The zero-order valence-corrected chi connectivity index (χ0v) is 9.40. The van der Waals surface area contributed by atoms with E-state index in [0.29, 0.717) is 0 Å². The first kappa shape index (κ1) is 9.60. The van der Waals surface area contributed by atoms with Crippen LogP contribution in [0.25, 0.3) is 16.6 Å². The molecule has 1 aliphatic rings. The van der Waals surface area contributed by atoms with Crippen molar-refractivity contribution in [3.63, 3.8) is 0 Å². The molecule has 0 aliphatic carbocycles. The van der Waals surface area contributed by atoms with Gasteiger partial charge in [0.05, 0.1) is 0 Å². The van der Waals surface area contributed by atoms with Crippen LogP contribution in [-0.2, 0) is 0 Å². The number of fused-ring (bicyclic) bond motifs is 1. The largest absolute Gasteiger partial charge is 0.346 e. The highest BCUT2D eigenvalue weighted by Crippen LogP contribution is 2.27. The average Bonchev–Trinajstić information content (AvgIpc) is 2.74. The van der Waals surface area contributed by atoms with Crippen molar-refractivity contribution >= 4 is 16.6 Å². The number of likely N-dealkylation sites (N-methyl/N-ethyl adjacent to an activating group) is 1. The summed E-state index contributed by atoms with van der Waals surface area (Å²) in [6, 6.07) is 4.13. The molecule has 0 unspecified atom stereocenters. The van der Waals surface area contributed by atoms with Crippen LogP contribution >= 0.6 is 0 Å². The number of pyridine rings is 1. The Kier molecular flexibility index (Phi) is 2.26. The van der Waals surface area contributed by atoms with Gasteiger partial charge in [0.25, 0.3) is 0 Å². The summed E-state index contributed by atoms with van der Waals surface area (Å²) in [5.74, 6) is 0. The van der Waals surface area contributed by atoms with Crippen LogP contribution in [0.3, 0.4) is 0 Å². The van der Waals surface area contributed by atoms with Crippen LogP contribution in [0.5, 0.6) is 0 Å². The zero-order chi connectivity index (χ0) is 11.0. The van der Waals surface area contributed by atoms with E-state index in [0.717, 1.165) is 25.2 Å². The minimum atomic E-state index is 0.984. The fraction of sp³-hybridized carbons (Fsp3) is 0.308. The monoisotopic (exact) mass is 213 g/mol. The van der Waals surface area contributed by atoms with Crippen molar-refractivity contribution in [2.45, 2.75) is 6.42 Å². The molecular weight excluding hydrogens is 198 g/mol. The minimum absolute atomic E-state index is 0.984. The van der Waals surface area contributed by atoms with E-state index >= 15 is 0 Å². The maximum atomic E-state index is 4.32. The smallest absolute Gasteiger partial charge is 0.137 e. The van der Waals surface area contributed by atoms with Gasteiger partial charge < -0.3 is 9.88 Å². The van der Waals surface area contributed by atoms with Gasteiger partial charge in [-0.2, -0.15) is 0 Å². The third kappa shape index (κ3) is 1.53. The highest BCUT2D eigenvalue weighted by molar-refractivity contribution is 5.90. The van der Waals surface area contributed by atoms with Crippen LogP contribution in [0.2, 0.25) is 0 Å². The highest BCUT2D eigenvalue weighted by Gasteiger charge is 2.13. The fourth-order valence-electron chi connectivity index (χ4n) is 2.24. The maximum absolute atomic E-state index is 4.32. The van der Waals surface area contributed by atoms with Gasteiger partial charge in [-0.25, -0.2) is 4.98 Å². The Balaban J connectivity index is 2.06. The van der Waals surface area contributed by atoms with E-state index in [4.69, 9.17) is 0 Å². The molecule has 16 heavy (non-hydrogen) atoms. The Morgan fingerprint density at radius 2 is 2.38 bits per heavy atom. The predicted molar refractivity (Wildman–Crippen MR) is 66.2 cm³/mol. The molecule has 2 aromatic heterocycles. The minimum Gasteiger partial charge on any atom is -0.346 e. The molecule has 0 bridgehead atoms. The van der Waals surface area contributed by atoms with E-state index in [-0.39, 0.29) is 0 Å². The first-order chi connectivity index (χ1) is 7.84. The number of H-pyrrole nitrogens is 1. The fourth-order valence-corrected chi connectivity index (χ4v) is 2.24. The molecule has 0 aromatic carbocycles. The number of aromatic amines is 1. The first-order valence-corrected chi connectivity index (χ1v) is 5.64. The number of hydrogen-bond acceptors (Lipinski definition) is 2. The third-order valence-electron chi connectivity index (χ3n) is 3.21. The lowest BCUT2D eigenvalue weighted by Crippen LogP contribution is -2.23. The van der Waals surface area contributed by atoms with E-state index in [1.165, 1.54) is 16.5 Å². The van der Waals surface area contributed by atoms with E-state index in [9.17, 15) is 0 Å². The van der Waals surface area contributed by atoms with Crippen LogP contribution in [-0.4, -0.2) is 35.0 Å². The van der Waals surface area contributed by atoms with Gasteiger partial charge in [-0.15, -0.1) is 0 Å². The van der Waals surface area contributed by atoms with Crippen molar-refractivity contribution in [3.8, 4) is 0 Å². The number of rotatable bonds is 1. The lowest BCUT2D eigenvalue weighted by Gasteiger charge is -2.21. The van der Waals surface area contributed by atoms with Crippen LogP contribution in [0.15, 0.2) is 30.6 Å². The number of nitrogens with zero attached hydrogens (tertiary/aromatic N) is 2. The number of aromatic nitrogens is 2. The van der Waals surface area contributed by atoms with Gasteiger partial charge in [0, 0.05) is 36.4 Å². The molecule has 0 amide bonds. The first-order valence-electron chi connectivity index (χ1n) is 5.64. The van der Waals surface area contributed by atoms with Crippen LogP contribution in [0, 0.1) is 0 Å². The SMILES string of the molecule is CN1CC=C(c2c[nH]c3ncccc23)CC1. The summed E-state index contributed by atoms with van der Waals surface area (Å²) in [5, 5.41) is 1.23. The van der Waals surface area contributed by atoms with Crippen molar-refractivity contribution in [1.29, 1.82) is 0 Å². The number of hydrogen-bond donors (Lipinski definition) is 1.